The second kappa shape index (κ2) is 8.73. The van der Waals surface area contributed by atoms with Crippen LogP contribution in [0.4, 0.5) is 0 Å². The van der Waals surface area contributed by atoms with E-state index in [2.05, 4.69) is 64.4 Å². The third-order valence-corrected chi connectivity index (χ3v) is 6.35. The Hall–Kier alpha value is -0.629. The summed E-state index contributed by atoms with van der Waals surface area (Å²) < 4.78 is 0. The Morgan fingerprint density at radius 3 is 1.90 bits per heavy atom. The summed E-state index contributed by atoms with van der Waals surface area (Å²) in [5, 5.41) is 0. The van der Waals surface area contributed by atoms with Crippen LogP contribution < -0.4 is 0 Å². The molecule has 2 heteroatoms. The van der Waals surface area contributed by atoms with Crippen molar-refractivity contribution in [3.8, 4) is 0 Å². The molecular weight excluding hydrogens is 304 g/mol. The Labute approximate surface area is 147 Å². The summed E-state index contributed by atoms with van der Waals surface area (Å²) in [5.74, 6) is 0. The quantitative estimate of drug-likeness (QED) is 0.478. The van der Waals surface area contributed by atoms with Gasteiger partial charge in [-0.1, -0.05) is 67.2 Å². The zero-order chi connectivity index (χ0) is 15.4. The topological polar surface area (TPSA) is 0 Å². The number of rotatable bonds is 2. The minimum atomic E-state index is -0.614. The van der Waals surface area contributed by atoms with Crippen molar-refractivity contribution in [2.45, 2.75) is 46.3 Å². The Morgan fingerprint density at radius 1 is 1.00 bits per heavy atom. The molecule has 1 aliphatic rings. The summed E-state index contributed by atoms with van der Waals surface area (Å²) in [7, 11) is -0.614. The molecule has 0 aromatic heterocycles. The molecular formula is C19H28SiTi. The summed E-state index contributed by atoms with van der Waals surface area (Å²) in [4.78, 5) is 0. The predicted octanol–water partition coefficient (Wildman–Crippen LogP) is 5.74. The first kappa shape index (κ1) is 20.4. The number of hydrogen-bond acceptors (Lipinski definition) is 0. The van der Waals surface area contributed by atoms with E-state index < -0.39 is 8.80 Å². The van der Waals surface area contributed by atoms with E-state index in [1.54, 1.807) is 11.1 Å². The second-order valence-electron chi connectivity index (χ2n) is 6.18. The van der Waals surface area contributed by atoms with Gasteiger partial charge >= 0.3 is 0 Å². The molecule has 2 rings (SSSR count). The van der Waals surface area contributed by atoms with Gasteiger partial charge in [0.15, 0.2) is 0 Å². The van der Waals surface area contributed by atoms with Crippen molar-refractivity contribution in [1.82, 2.24) is 0 Å². The molecule has 112 valence electrons. The number of allylic oxidation sites excluding steroid dienone is 4. The van der Waals surface area contributed by atoms with Crippen molar-refractivity contribution in [2.75, 3.05) is 0 Å². The molecule has 0 radical (unpaired) electrons. The van der Waals surface area contributed by atoms with Gasteiger partial charge in [-0.05, 0) is 49.9 Å². The molecule has 1 aliphatic carbocycles. The van der Waals surface area contributed by atoms with Gasteiger partial charge in [0.1, 0.15) is 0 Å². The van der Waals surface area contributed by atoms with Gasteiger partial charge < -0.3 is 0 Å². The molecule has 1 atom stereocenters. The summed E-state index contributed by atoms with van der Waals surface area (Å²) in [5.41, 5.74) is 9.14. The van der Waals surface area contributed by atoms with Crippen LogP contribution in [-0.4, -0.2) is 8.80 Å². The zero-order valence-electron chi connectivity index (χ0n) is 14.4. The smallest absolute Gasteiger partial charge is 0.0439 e. The Morgan fingerprint density at radius 2 is 1.48 bits per heavy atom. The fourth-order valence-corrected chi connectivity index (χ4v) is 4.91. The van der Waals surface area contributed by atoms with E-state index >= 15 is 0 Å². The maximum atomic E-state index is 3.66. The standard InChI is InChI=1S/C13H18Si.C6H10.Ti/c1-9-10(2)13(14(3)4)12-8-6-5-7-11(9)12;1-5(2)6(3)4;/h5-8,13-14H,1-4H3;1,3H2,2,4H3;. The van der Waals surface area contributed by atoms with Gasteiger partial charge in [0.2, 0.25) is 0 Å². The molecule has 1 unspecified atom stereocenters. The van der Waals surface area contributed by atoms with Crippen LogP contribution in [0.3, 0.4) is 0 Å². The normalized spacial score (nSPS) is 15.9. The van der Waals surface area contributed by atoms with Gasteiger partial charge in [0.05, 0.1) is 0 Å². The predicted molar refractivity (Wildman–Crippen MR) is 96.0 cm³/mol. The second-order valence-corrected chi connectivity index (χ2v) is 9.33. The van der Waals surface area contributed by atoms with E-state index in [1.807, 2.05) is 13.8 Å². The third kappa shape index (κ3) is 4.95. The third-order valence-electron chi connectivity index (χ3n) is 4.15. The Kier molecular flexibility index (Phi) is 8.47. The van der Waals surface area contributed by atoms with E-state index in [0.717, 1.165) is 16.7 Å². The molecule has 0 nitrogen and oxygen atoms in total. The molecule has 0 aliphatic heterocycles. The van der Waals surface area contributed by atoms with E-state index in [9.17, 15) is 0 Å². The summed E-state index contributed by atoms with van der Waals surface area (Å²) >= 11 is 0. The molecule has 0 amide bonds. The monoisotopic (exact) mass is 332 g/mol. The van der Waals surface area contributed by atoms with Crippen LogP contribution in [0.25, 0.3) is 5.57 Å². The van der Waals surface area contributed by atoms with Crippen LogP contribution >= 0.6 is 0 Å². The van der Waals surface area contributed by atoms with E-state index in [1.165, 1.54) is 11.1 Å². The van der Waals surface area contributed by atoms with Gasteiger partial charge in [-0.2, -0.15) is 0 Å². The molecule has 0 saturated carbocycles. The van der Waals surface area contributed by atoms with Crippen molar-refractivity contribution >= 4 is 14.4 Å². The first-order valence-corrected chi connectivity index (χ1v) is 10.3. The number of fused-ring (bicyclic) bond motifs is 1. The van der Waals surface area contributed by atoms with Gasteiger partial charge in [0.25, 0.3) is 0 Å². The molecule has 0 bridgehead atoms. The first-order valence-electron chi connectivity index (χ1n) is 7.35. The van der Waals surface area contributed by atoms with Crippen molar-refractivity contribution in [3.63, 3.8) is 0 Å². The van der Waals surface area contributed by atoms with Gasteiger partial charge in [-0.3, -0.25) is 0 Å². The average Bonchev–Trinajstić information content (AvgIpc) is 2.63. The molecule has 0 heterocycles. The molecule has 1 aromatic rings. The van der Waals surface area contributed by atoms with Crippen LogP contribution in [0.2, 0.25) is 13.1 Å². The maximum absolute atomic E-state index is 3.66. The minimum Gasteiger partial charge on any atom is -0.0959 e. The first-order chi connectivity index (χ1) is 9.27. The van der Waals surface area contributed by atoms with Crippen LogP contribution in [0.5, 0.6) is 0 Å². The van der Waals surface area contributed by atoms with Gasteiger partial charge in [-0.15, -0.1) is 0 Å². The average molecular weight is 332 g/mol. The SMILES string of the molecule is C=C(C)C(=C)C.CC1=C(C)C([SiH](C)C)c2ccccc21.[Ti]. The van der Waals surface area contributed by atoms with Crippen LogP contribution in [0.15, 0.2) is 54.1 Å². The maximum Gasteiger partial charge on any atom is 0.0439 e. The van der Waals surface area contributed by atoms with Crippen LogP contribution in [0.1, 0.15) is 44.4 Å². The molecule has 0 fully saturated rings. The zero-order valence-corrected chi connectivity index (χ0v) is 17.1. The molecule has 0 N–H and O–H groups in total. The van der Waals surface area contributed by atoms with Gasteiger partial charge in [0, 0.05) is 30.5 Å². The minimum absolute atomic E-state index is 0. The van der Waals surface area contributed by atoms with Crippen LogP contribution in [-0.2, 0) is 21.7 Å². The van der Waals surface area contributed by atoms with Crippen molar-refractivity contribution < 1.29 is 21.7 Å². The molecule has 1 aromatic carbocycles. The van der Waals surface area contributed by atoms with Crippen molar-refractivity contribution in [2.24, 2.45) is 0 Å². The van der Waals surface area contributed by atoms with Crippen molar-refractivity contribution in [3.05, 3.63) is 65.3 Å². The van der Waals surface area contributed by atoms with Crippen molar-refractivity contribution in [1.29, 1.82) is 0 Å². The fourth-order valence-electron chi connectivity index (χ4n) is 2.65. The van der Waals surface area contributed by atoms with E-state index in [0.29, 0.717) is 0 Å². The summed E-state index contributed by atoms with van der Waals surface area (Å²) in [6.45, 7) is 20.7. The summed E-state index contributed by atoms with van der Waals surface area (Å²) in [6, 6.07) is 8.91. The Balaban J connectivity index is 0.000000495. The number of benzene rings is 1. The summed E-state index contributed by atoms with van der Waals surface area (Å²) in [6.07, 6.45) is 0. The Bertz CT molecular complexity index is 540. The fraction of sp³-hybridized carbons (Fsp3) is 0.368. The molecule has 21 heavy (non-hydrogen) atoms. The molecule has 0 spiro atoms. The van der Waals surface area contributed by atoms with Crippen LogP contribution in [0, 0.1) is 0 Å². The number of hydrogen-bond donors (Lipinski definition) is 0. The van der Waals surface area contributed by atoms with Gasteiger partial charge in [-0.25, -0.2) is 0 Å². The van der Waals surface area contributed by atoms with E-state index in [4.69, 9.17) is 0 Å². The largest absolute Gasteiger partial charge is 0.0959 e. The van der Waals surface area contributed by atoms with E-state index in [-0.39, 0.29) is 21.7 Å². The molecule has 0 saturated heterocycles.